The van der Waals surface area contributed by atoms with Crippen molar-refractivity contribution < 1.29 is 0 Å². The minimum absolute atomic E-state index is 0.264. The van der Waals surface area contributed by atoms with E-state index >= 15 is 0 Å². The Kier molecular flexibility index (Phi) is 7.75. The summed E-state index contributed by atoms with van der Waals surface area (Å²) in [6, 6.07) is 33.4. The van der Waals surface area contributed by atoms with Gasteiger partial charge in [-0.2, -0.15) is 0 Å². The van der Waals surface area contributed by atoms with Crippen LogP contribution in [0.15, 0.2) is 91.0 Å². The van der Waals surface area contributed by atoms with Gasteiger partial charge in [-0.1, -0.05) is 105 Å². The average Bonchev–Trinajstić information content (AvgIpc) is 2.71. The van der Waals surface area contributed by atoms with Crippen LogP contribution in [0.3, 0.4) is 0 Å². The molecule has 0 radical (unpaired) electrons. The monoisotopic (exact) mass is 396 g/mol. The number of hydrogen-bond acceptors (Lipinski definition) is 1. The lowest BCUT2D eigenvalue weighted by atomic mass is 10.4. The van der Waals surface area contributed by atoms with Crippen molar-refractivity contribution >= 4 is 42.3 Å². The molecular formula is C23H26P2S. The predicted octanol–water partition coefficient (Wildman–Crippen LogP) is 6.33. The highest BCUT2D eigenvalue weighted by molar-refractivity contribution is 8.59. The summed E-state index contributed by atoms with van der Waals surface area (Å²) >= 11 is 2.18. The zero-order valence-electron chi connectivity index (χ0n) is 15.5. The molecule has 0 saturated carbocycles. The van der Waals surface area contributed by atoms with Gasteiger partial charge in [-0.15, -0.1) is 11.4 Å². The zero-order chi connectivity index (χ0) is 18.2. The Morgan fingerprint density at radius 3 is 1.54 bits per heavy atom. The van der Waals surface area contributed by atoms with Crippen LogP contribution in [0.4, 0.5) is 0 Å². The van der Waals surface area contributed by atoms with E-state index in [-0.39, 0.29) is 15.0 Å². The van der Waals surface area contributed by atoms with E-state index in [4.69, 9.17) is 0 Å². The molecule has 0 aromatic heterocycles. The largest absolute Gasteiger partial charge is 0.129 e. The molecule has 0 nitrogen and oxygen atoms in total. The first kappa shape index (κ1) is 19.6. The molecule has 134 valence electrons. The van der Waals surface area contributed by atoms with E-state index in [0.29, 0.717) is 5.40 Å². The van der Waals surface area contributed by atoms with Crippen molar-refractivity contribution in [1.29, 1.82) is 0 Å². The van der Waals surface area contributed by atoms with E-state index in [0.717, 1.165) is 0 Å². The molecule has 0 aliphatic rings. The molecule has 2 atom stereocenters. The molecule has 3 aromatic rings. The van der Waals surface area contributed by atoms with Crippen LogP contribution in [-0.4, -0.2) is 11.2 Å². The van der Waals surface area contributed by atoms with Gasteiger partial charge in [0.25, 0.3) is 0 Å². The van der Waals surface area contributed by atoms with Gasteiger partial charge in [0.1, 0.15) is 0 Å². The maximum Gasteiger partial charge on any atom is 0.0178 e. The first-order valence-corrected chi connectivity index (χ1v) is 13.6. The molecule has 0 saturated heterocycles. The van der Waals surface area contributed by atoms with Crippen LogP contribution < -0.4 is 15.9 Å². The molecule has 3 aromatic carbocycles. The van der Waals surface area contributed by atoms with Crippen LogP contribution in [0.2, 0.25) is 0 Å². The summed E-state index contributed by atoms with van der Waals surface area (Å²) in [5.74, 6) is 1.23. The standard InChI is InChI=1S/C23H26P2S/c1-3-19-26-25(23-17-11-6-12-18-23)20(2)24(21-13-7-4-8-14-21)22-15-9-5-10-16-22/h4-18,20H,3,19H2,1-2H3. The van der Waals surface area contributed by atoms with Crippen molar-refractivity contribution in [2.24, 2.45) is 0 Å². The summed E-state index contributed by atoms with van der Waals surface area (Å²) in [6.45, 7) is 4.76. The van der Waals surface area contributed by atoms with Crippen molar-refractivity contribution in [2.75, 3.05) is 5.75 Å². The molecule has 0 heterocycles. The van der Waals surface area contributed by atoms with Gasteiger partial charge in [-0.3, -0.25) is 0 Å². The topological polar surface area (TPSA) is 0 Å². The Bertz CT molecular complexity index is 722. The van der Waals surface area contributed by atoms with Crippen molar-refractivity contribution in [3.8, 4) is 0 Å². The fourth-order valence-electron chi connectivity index (χ4n) is 3.03. The van der Waals surface area contributed by atoms with E-state index in [1.165, 1.54) is 28.1 Å². The summed E-state index contributed by atoms with van der Waals surface area (Å²) < 4.78 is 0. The van der Waals surface area contributed by atoms with Crippen molar-refractivity contribution in [3.63, 3.8) is 0 Å². The van der Waals surface area contributed by atoms with Crippen LogP contribution in [0.25, 0.3) is 0 Å². The SMILES string of the molecule is CCCSP(c1ccccc1)C(C)P(c1ccccc1)c1ccccc1. The molecule has 0 aliphatic carbocycles. The van der Waals surface area contributed by atoms with Crippen LogP contribution in [0.5, 0.6) is 0 Å². The normalized spacial score (nSPS) is 13.5. The molecule has 0 bridgehead atoms. The fraction of sp³-hybridized carbons (Fsp3) is 0.217. The second-order valence-corrected chi connectivity index (χ2v) is 13.7. The third-order valence-electron chi connectivity index (χ3n) is 4.23. The highest BCUT2D eigenvalue weighted by Crippen LogP contribution is 2.63. The summed E-state index contributed by atoms with van der Waals surface area (Å²) in [4.78, 5) is 0. The van der Waals surface area contributed by atoms with Crippen molar-refractivity contribution in [1.82, 2.24) is 0 Å². The lowest BCUT2D eigenvalue weighted by molar-refractivity contribution is 1.11. The van der Waals surface area contributed by atoms with E-state index < -0.39 is 0 Å². The predicted molar refractivity (Wildman–Crippen MR) is 124 cm³/mol. The average molecular weight is 396 g/mol. The minimum Gasteiger partial charge on any atom is -0.129 e. The Hall–Kier alpha value is -1.13. The molecule has 26 heavy (non-hydrogen) atoms. The van der Waals surface area contributed by atoms with Gasteiger partial charge in [-0.05, 0) is 43.1 Å². The maximum absolute atomic E-state index is 2.48. The van der Waals surface area contributed by atoms with Gasteiger partial charge in [0.2, 0.25) is 0 Å². The van der Waals surface area contributed by atoms with E-state index in [1.54, 1.807) is 0 Å². The highest BCUT2D eigenvalue weighted by atomic mass is 32.7. The molecule has 0 N–H and O–H groups in total. The van der Waals surface area contributed by atoms with Crippen molar-refractivity contribution in [3.05, 3.63) is 91.0 Å². The molecule has 3 heteroatoms. The van der Waals surface area contributed by atoms with Gasteiger partial charge in [0.05, 0.1) is 0 Å². The lowest BCUT2D eigenvalue weighted by Crippen LogP contribution is -2.20. The summed E-state index contributed by atoms with van der Waals surface area (Å²) in [5, 5.41) is 5.13. The second kappa shape index (κ2) is 10.3. The third-order valence-corrected chi connectivity index (χ3v) is 13.9. The van der Waals surface area contributed by atoms with Crippen LogP contribution in [-0.2, 0) is 0 Å². The molecule has 2 unspecified atom stereocenters. The second-order valence-electron chi connectivity index (χ2n) is 6.17. The lowest BCUT2D eigenvalue weighted by Gasteiger charge is -2.32. The van der Waals surface area contributed by atoms with E-state index in [2.05, 4.69) is 116 Å². The zero-order valence-corrected chi connectivity index (χ0v) is 18.1. The number of hydrogen-bond donors (Lipinski definition) is 0. The summed E-state index contributed by atoms with van der Waals surface area (Å²) in [5.41, 5.74) is 0. The van der Waals surface area contributed by atoms with E-state index in [1.807, 2.05) is 0 Å². The van der Waals surface area contributed by atoms with Crippen LogP contribution in [0.1, 0.15) is 20.3 Å². The molecule has 0 amide bonds. The third kappa shape index (κ3) is 4.98. The molecular weight excluding hydrogens is 370 g/mol. The van der Waals surface area contributed by atoms with Crippen molar-refractivity contribution in [2.45, 2.75) is 25.7 Å². The molecule has 0 fully saturated rings. The number of rotatable bonds is 8. The summed E-state index contributed by atoms with van der Waals surface area (Å²) in [6.07, 6.45) is 1.23. The summed E-state index contributed by atoms with van der Waals surface area (Å²) in [7, 11) is -0.648. The number of benzene rings is 3. The molecule has 0 spiro atoms. The molecule has 0 aliphatic heterocycles. The Balaban J connectivity index is 2.00. The van der Waals surface area contributed by atoms with E-state index in [9.17, 15) is 0 Å². The Labute approximate surface area is 164 Å². The van der Waals surface area contributed by atoms with Gasteiger partial charge < -0.3 is 0 Å². The smallest absolute Gasteiger partial charge is 0.0178 e. The fourth-order valence-corrected chi connectivity index (χ4v) is 12.9. The highest BCUT2D eigenvalue weighted by Gasteiger charge is 2.29. The van der Waals surface area contributed by atoms with Crippen LogP contribution >= 0.6 is 26.4 Å². The maximum atomic E-state index is 2.48. The Morgan fingerprint density at radius 1 is 0.692 bits per heavy atom. The van der Waals surface area contributed by atoms with Crippen LogP contribution in [0, 0.1) is 0 Å². The Morgan fingerprint density at radius 2 is 1.12 bits per heavy atom. The van der Waals surface area contributed by atoms with Gasteiger partial charge in [-0.25, -0.2) is 0 Å². The first-order chi connectivity index (χ1) is 12.8. The quantitative estimate of drug-likeness (QED) is 0.401. The minimum atomic E-state index is -0.384. The first-order valence-electron chi connectivity index (χ1n) is 9.17. The molecule has 3 rings (SSSR count). The van der Waals surface area contributed by atoms with Gasteiger partial charge >= 0.3 is 0 Å². The van der Waals surface area contributed by atoms with Gasteiger partial charge in [0, 0.05) is 5.40 Å². The van der Waals surface area contributed by atoms with Gasteiger partial charge in [0.15, 0.2) is 0 Å².